The second-order valence-corrected chi connectivity index (χ2v) is 18.6. The van der Waals surface area contributed by atoms with Crippen molar-refractivity contribution in [2.75, 3.05) is 0 Å². The standard InChI is InChI=1S/C68H44N6/c1-4-18-45(19-5-1)58-36-32-50(43-69-58)48-34-38-66-56(40-48)52-24-10-14-28-62(52)73(66)64-30-16-12-26-54(64)60-42-61(72-68(71-60)47-22-8-3-9-23-47)55-27-13-17-31-65(55)74-63-29-15-11-25-53(63)57-41-49(35-39-67(57)74)51-33-37-59(70-44-51)46-20-6-2-7-21-46/h1-44H. The molecule has 0 aliphatic carbocycles. The summed E-state index contributed by atoms with van der Waals surface area (Å²) in [5.41, 5.74) is 19.5. The van der Waals surface area contributed by atoms with Crippen LogP contribution < -0.4 is 0 Å². The summed E-state index contributed by atoms with van der Waals surface area (Å²) < 4.78 is 4.77. The fraction of sp³-hybridized carbons (Fsp3) is 0. The van der Waals surface area contributed by atoms with E-state index in [1.165, 1.54) is 21.5 Å². The van der Waals surface area contributed by atoms with E-state index in [1.807, 2.05) is 67.0 Å². The summed E-state index contributed by atoms with van der Waals surface area (Å²) >= 11 is 0. The zero-order chi connectivity index (χ0) is 49.0. The molecule has 0 radical (unpaired) electrons. The van der Waals surface area contributed by atoms with Crippen LogP contribution in [0.3, 0.4) is 0 Å². The third kappa shape index (κ3) is 7.44. The highest BCUT2D eigenvalue weighted by Gasteiger charge is 2.22. The Balaban J connectivity index is 0.906. The van der Waals surface area contributed by atoms with Crippen LogP contribution in [0.15, 0.2) is 267 Å². The summed E-state index contributed by atoms with van der Waals surface area (Å²) in [6.45, 7) is 0. The molecule has 0 bridgehead atoms. The van der Waals surface area contributed by atoms with E-state index < -0.39 is 0 Å². The van der Waals surface area contributed by atoms with Gasteiger partial charge in [0.1, 0.15) is 0 Å². The number of hydrogen-bond acceptors (Lipinski definition) is 4. The Morgan fingerprint density at radius 2 is 0.622 bits per heavy atom. The summed E-state index contributed by atoms with van der Waals surface area (Å²) in [5.74, 6) is 0.653. The molecule has 0 amide bonds. The molecule has 0 saturated carbocycles. The lowest BCUT2D eigenvalue weighted by molar-refractivity contribution is 1.14. The van der Waals surface area contributed by atoms with Crippen LogP contribution in [0.4, 0.5) is 0 Å². The Morgan fingerprint density at radius 1 is 0.243 bits per heavy atom. The summed E-state index contributed by atoms with van der Waals surface area (Å²) in [6.07, 6.45) is 3.96. The number of fused-ring (bicyclic) bond motifs is 6. The lowest BCUT2D eigenvalue weighted by Crippen LogP contribution is -2.02. The Morgan fingerprint density at radius 3 is 1.07 bits per heavy atom. The van der Waals surface area contributed by atoms with Gasteiger partial charge in [-0.2, -0.15) is 0 Å². The molecule has 0 saturated heterocycles. The first-order chi connectivity index (χ1) is 36.7. The van der Waals surface area contributed by atoms with Gasteiger partial charge in [0.2, 0.25) is 0 Å². The third-order valence-corrected chi connectivity index (χ3v) is 14.3. The molecule has 0 aliphatic heterocycles. The van der Waals surface area contributed by atoms with E-state index in [4.69, 9.17) is 19.9 Å². The van der Waals surface area contributed by atoms with Crippen LogP contribution in [0.5, 0.6) is 0 Å². The van der Waals surface area contributed by atoms with Gasteiger partial charge in [-0.25, -0.2) is 9.97 Å². The van der Waals surface area contributed by atoms with Crippen LogP contribution in [-0.2, 0) is 0 Å². The molecule has 0 atom stereocenters. The first-order valence-electron chi connectivity index (χ1n) is 24.9. The molecular weight excluding hydrogens is 901 g/mol. The van der Waals surface area contributed by atoms with Crippen LogP contribution >= 0.6 is 0 Å². The Labute approximate surface area is 427 Å². The minimum atomic E-state index is 0.653. The van der Waals surface area contributed by atoms with E-state index in [2.05, 4.69) is 209 Å². The van der Waals surface area contributed by atoms with E-state index in [0.29, 0.717) is 5.82 Å². The quantitative estimate of drug-likeness (QED) is 0.145. The average Bonchev–Trinajstić information content (AvgIpc) is 4.00. The normalized spacial score (nSPS) is 11.5. The maximum absolute atomic E-state index is 5.42. The number of hydrogen-bond donors (Lipinski definition) is 0. The van der Waals surface area contributed by atoms with Gasteiger partial charge in [0.25, 0.3) is 0 Å². The number of para-hydroxylation sites is 4. The fourth-order valence-corrected chi connectivity index (χ4v) is 10.7. The first kappa shape index (κ1) is 42.8. The van der Waals surface area contributed by atoms with Gasteiger partial charge in [-0.3, -0.25) is 9.97 Å². The lowest BCUT2D eigenvalue weighted by Gasteiger charge is -2.17. The van der Waals surface area contributed by atoms with Crippen molar-refractivity contribution < 1.29 is 0 Å². The van der Waals surface area contributed by atoms with Gasteiger partial charge in [-0.1, -0.05) is 188 Å². The molecule has 0 unspecified atom stereocenters. The molecule has 5 heterocycles. The van der Waals surface area contributed by atoms with Crippen molar-refractivity contribution >= 4 is 43.6 Å². The van der Waals surface area contributed by atoms with E-state index in [9.17, 15) is 0 Å². The van der Waals surface area contributed by atoms with Gasteiger partial charge in [0.15, 0.2) is 5.82 Å². The van der Waals surface area contributed by atoms with Crippen molar-refractivity contribution in [2.45, 2.75) is 0 Å². The highest BCUT2D eigenvalue weighted by atomic mass is 15.0. The molecule has 346 valence electrons. The van der Waals surface area contributed by atoms with Crippen molar-refractivity contribution in [1.82, 2.24) is 29.1 Å². The van der Waals surface area contributed by atoms with Crippen molar-refractivity contribution in [3.8, 4) is 90.0 Å². The van der Waals surface area contributed by atoms with Gasteiger partial charge in [0, 0.05) is 72.9 Å². The summed E-state index contributed by atoms with van der Waals surface area (Å²) in [6, 6.07) is 89.8. The highest BCUT2D eigenvalue weighted by Crippen LogP contribution is 2.41. The Bertz CT molecular complexity index is 4130. The van der Waals surface area contributed by atoms with Gasteiger partial charge in [0.05, 0.1) is 56.2 Å². The summed E-state index contributed by atoms with van der Waals surface area (Å²) in [4.78, 5) is 20.6. The molecule has 0 aliphatic rings. The number of aromatic nitrogens is 6. The fourth-order valence-electron chi connectivity index (χ4n) is 10.7. The minimum absolute atomic E-state index is 0.653. The predicted molar refractivity (Wildman–Crippen MR) is 304 cm³/mol. The molecular formula is C68H44N6. The zero-order valence-electron chi connectivity index (χ0n) is 40.1. The van der Waals surface area contributed by atoms with Crippen molar-refractivity contribution in [1.29, 1.82) is 0 Å². The van der Waals surface area contributed by atoms with E-state index in [1.54, 1.807) is 0 Å². The molecule has 0 N–H and O–H groups in total. The van der Waals surface area contributed by atoms with E-state index in [-0.39, 0.29) is 0 Å². The average molecular weight is 945 g/mol. The zero-order valence-corrected chi connectivity index (χ0v) is 40.1. The molecule has 5 aromatic heterocycles. The monoisotopic (exact) mass is 944 g/mol. The van der Waals surface area contributed by atoms with Crippen LogP contribution in [0, 0.1) is 0 Å². The third-order valence-electron chi connectivity index (χ3n) is 14.3. The highest BCUT2D eigenvalue weighted by molar-refractivity contribution is 6.12. The van der Waals surface area contributed by atoms with Crippen molar-refractivity contribution in [3.05, 3.63) is 267 Å². The second-order valence-electron chi connectivity index (χ2n) is 18.6. The number of benzene rings is 9. The molecule has 9 aromatic carbocycles. The molecule has 14 aromatic rings. The maximum atomic E-state index is 5.42. The number of nitrogens with zero attached hydrogens (tertiary/aromatic N) is 6. The van der Waals surface area contributed by atoms with Gasteiger partial charge in [-0.15, -0.1) is 0 Å². The molecule has 6 heteroatoms. The minimum Gasteiger partial charge on any atom is -0.309 e. The molecule has 74 heavy (non-hydrogen) atoms. The van der Waals surface area contributed by atoms with E-state index in [0.717, 1.165) is 106 Å². The van der Waals surface area contributed by atoms with Crippen LogP contribution in [-0.4, -0.2) is 29.1 Å². The SMILES string of the molecule is c1ccc(-c2ccc(-c3ccc4c(c3)c3ccccc3n4-c3ccccc3-c3cc(-c4ccccc4-n4c5ccccc5c5cc(-c6ccc(-c7ccccc7)nc6)ccc54)nc(-c4ccccc4)n3)cn2)cc1. The summed E-state index contributed by atoms with van der Waals surface area (Å²) in [7, 11) is 0. The number of pyridine rings is 2. The van der Waals surface area contributed by atoms with Crippen LogP contribution in [0.1, 0.15) is 0 Å². The Hall–Kier alpha value is -10.0. The lowest BCUT2D eigenvalue weighted by atomic mass is 10.0. The smallest absolute Gasteiger partial charge is 0.160 e. The van der Waals surface area contributed by atoms with Crippen molar-refractivity contribution in [3.63, 3.8) is 0 Å². The van der Waals surface area contributed by atoms with Crippen molar-refractivity contribution in [2.24, 2.45) is 0 Å². The molecule has 14 rings (SSSR count). The molecule has 6 nitrogen and oxygen atoms in total. The predicted octanol–water partition coefficient (Wildman–Crippen LogP) is 17.1. The second kappa shape index (κ2) is 18.0. The Kier molecular flexibility index (Phi) is 10.4. The van der Waals surface area contributed by atoms with Crippen LogP contribution in [0.2, 0.25) is 0 Å². The topological polar surface area (TPSA) is 61.4 Å². The van der Waals surface area contributed by atoms with E-state index >= 15 is 0 Å². The van der Waals surface area contributed by atoms with Gasteiger partial charge >= 0.3 is 0 Å². The molecule has 0 fully saturated rings. The van der Waals surface area contributed by atoms with Gasteiger partial charge < -0.3 is 9.13 Å². The van der Waals surface area contributed by atoms with Crippen LogP contribution in [0.25, 0.3) is 134 Å². The van der Waals surface area contributed by atoms with Gasteiger partial charge in [-0.05, 0) is 77.9 Å². The first-order valence-corrected chi connectivity index (χ1v) is 24.9. The number of rotatable bonds is 9. The largest absolute Gasteiger partial charge is 0.309 e. The summed E-state index contributed by atoms with van der Waals surface area (Å²) in [5, 5.41) is 4.67. The maximum Gasteiger partial charge on any atom is 0.160 e. The molecule has 0 spiro atoms.